The van der Waals surface area contributed by atoms with Crippen LogP contribution in [0, 0.1) is 0 Å². The Morgan fingerprint density at radius 3 is 2.80 bits per heavy atom. The van der Waals surface area contributed by atoms with Crippen LogP contribution in [0.3, 0.4) is 0 Å². The third-order valence-corrected chi connectivity index (χ3v) is 3.47. The third kappa shape index (κ3) is 3.19. The summed E-state index contributed by atoms with van der Waals surface area (Å²) >= 11 is 0. The van der Waals surface area contributed by atoms with Crippen LogP contribution in [0.15, 0.2) is 12.4 Å². The minimum atomic E-state index is -0.357. The number of carbonyl (C=O) groups excluding carboxylic acids is 1. The molecule has 1 N–H and O–H groups in total. The number of nitrogens with one attached hydrogen (secondary N) is 1. The monoisotopic (exact) mass is 280 g/mol. The highest BCUT2D eigenvalue weighted by Crippen LogP contribution is 2.24. The summed E-state index contributed by atoms with van der Waals surface area (Å²) < 4.78 is 7.55. The number of rotatable bonds is 3. The zero-order chi connectivity index (χ0) is 14.9. The van der Waals surface area contributed by atoms with Crippen LogP contribution < -0.4 is 5.32 Å². The third-order valence-electron chi connectivity index (χ3n) is 3.47. The van der Waals surface area contributed by atoms with Crippen molar-refractivity contribution in [1.82, 2.24) is 20.0 Å². The number of ether oxygens (including phenoxy) is 1. The molecule has 1 aromatic rings. The number of hydrogen-bond acceptors (Lipinski definition) is 4. The smallest absolute Gasteiger partial charge is 0.244 e. The first kappa shape index (κ1) is 15.0. The van der Waals surface area contributed by atoms with Crippen LogP contribution in [0.1, 0.15) is 32.4 Å². The molecule has 112 valence electrons. The molecule has 0 aliphatic carbocycles. The van der Waals surface area contributed by atoms with E-state index in [0.717, 1.165) is 5.56 Å². The fourth-order valence-electron chi connectivity index (χ4n) is 2.83. The van der Waals surface area contributed by atoms with E-state index in [1.807, 2.05) is 38.9 Å². The van der Waals surface area contributed by atoms with Crippen LogP contribution in [0.2, 0.25) is 0 Å². The van der Waals surface area contributed by atoms with Gasteiger partial charge >= 0.3 is 0 Å². The molecule has 2 heterocycles. The van der Waals surface area contributed by atoms with Gasteiger partial charge in [-0.25, -0.2) is 0 Å². The van der Waals surface area contributed by atoms with Crippen molar-refractivity contribution >= 4 is 5.91 Å². The predicted molar refractivity (Wildman–Crippen MR) is 76.2 cm³/mol. The van der Waals surface area contributed by atoms with E-state index in [9.17, 15) is 4.79 Å². The van der Waals surface area contributed by atoms with Crippen LogP contribution in [0.4, 0.5) is 0 Å². The van der Waals surface area contributed by atoms with Gasteiger partial charge in [-0.1, -0.05) is 0 Å². The summed E-state index contributed by atoms with van der Waals surface area (Å²) in [6.45, 7) is 7.26. The van der Waals surface area contributed by atoms with E-state index >= 15 is 0 Å². The summed E-state index contributed by atoms with van der Waals surface area (Å²) in [6.07, 6.45) is 3.65. The second kappa shape index (κ2) is 5.54. The Balaban J connectivity index is 2.16. The Morgan fingerprint density at radius 1 is 1.60 bits per heavy atom. The van der Waals surface area contributed by atoms with Crippen molar-refractivity contribution in [3.8, 4) is 0 Å². The summed E-state index contributed by atoms with van der Waals surface area (Å²) in [5, 5.41) is 7.22. The highest BCUT2D eigenvalue weighted by molar-refractivity contribution is 5.83. The molecule has 6 nitrogen and oxygen atoms in total. The molecule has 1 aliphatic heterocycles. The number of nitrogens with zero attached hydrogens (tertiary/aromatic N) is 3. The Morgan fingerprint density at radius 2 is 2.30 bits per heavy atom. The number of aromatic nitrogens is 2. The highest BCUT2D eigenvalue weighted by Gasteiger charge is 2.36. The maximum Gasteiger partial charge on any atom is 0.244 e. The quantitative estimate of drug-likeness (QED) is 0.886. The van der Waals surface area contributed by atoms with E-state index in [-0.39, 0.29) is 23.7 Å². The first-order chi connectivity index (χ1) is 9.32. The van der Waals surface area contributed by atoms with Crippen LogP contribution in [0.5, 0.6) is 0 Å². The first-order valence-corrected chi connectivity index (χ1v) is 6.95. The SMILES string of the molecule is CNC(C(=O)N1CC(C)OC(C)(C)C1)c1cnn(C)c1. The number of amides is 1. The normalized spacial score (nSPS) is 23.6. The molecule has 2 atom stereocenters. The zero-order valence-electron chi connectivity index (χ0n) is 12.9. The Bertz CT molecular complexity index is 483. The largest absolute Gasteiger partial charge is 0.369 e. The molecule has 2 unspecified atom stereocenters. The van der Waals surface area contributed by atoms with Gasteiger partial charge in [0.2, 0.25) is 5.91 Å². The minimum Gasteiger partial charge on any atom is -0.369 e. The number of morpholine rings is 1. The summed E-state index contributed by atoms with van der Waals surface area (Å²) in [5.74, 6) is 0.0729. The molecule has 20 heavy (non-hydrogen) atoms. The average Bonchev–Trinajstić information content (AvgIpc) is 2.74. The van der Waals surface area contributed by atoms with Gasteiger partial charge in [0.1, 0.15) is 6.04 Å². The van der Waals surface area contributed by atoms with Crippen LogP contribution in [-0.2, 0) is 16.6 Å². The molecule has 0 bridgehead atoms. The van der Waals surface area contributed by atoms with E-state index < -0.39 is 0 Å². The van der Waals surface area contributed by atoms with Crippen molar-refractivity contribution in [1.29, 1.82) is 0 Å². The molecule has 2 rings (SSSR count). The van der Waals surface area contributed by atoms with Crippen molar-refractivity contribution < 1.29 is 9.53 Å². The molecule has 0 radical (unpaired) electrons. The predicted octanol–water partition coefficient (Wildman–Crippen LogP) is 0.706. The molecule has 1 saturated heterocycles. The van der Waals surface area contributed by atoms with Gasteiger partial charge in [-0.15, -0.1) is 0 Å². The molecule has 0 aromatic carbocycles. The van der Waals surface area contributed by atoms with E-state index in [1.54, 1.807) is 17.9 Å². The lowest BCUT2D eigenvalue weighted by molar-refractivity contribution is -0.160. The van der Waals surface area contributed by atoms with Gasteiger partial charge in [-0.3, -0.25) is 9.48 Å². The Hall–Kier alpha value is -1.40. The van der Waals surface area contributed by atoms with Crippen LogP contribution in [0.25, 0.3) is 0 Å². The molecule has 1 aromatic heterocycles. The summed E-state index contributed by atoms with van der Waals surface area (Å²) in [5.41, 5.74) is 0.581. The van der Waals surface area contributed by atoms with E-state index in [4.69, 9.17) is 4.74 Å². The van der Waals surface area contributed by atoms with Crippen LogP contribution in [-0.4, -0.2) is 52.4 Å². The maximum atomic E-state index is 12.7. The summed E-state index contributed by atoms with van der Waals surface area (Å²) in [7, 11) is 3.64. The fraction of sp³-hybridized carbons (Fsp3) is 0.714. The van der Waals surface area contributed by atoms with E-state index in [0.29, 0.717) is 13.1 Å². The summed E-state index contributed by atoms with van der Waals surface area (Å²) in [6, 6.07) is -0.357. The first-order valence-electron chi connectivity index (χ1n) is 6.95. The molecular weight excluding hydrogens is 256 g/mol. The maximum absolute atomic E-state index is 12.7. The van der Waals surface area contributed by atoms with Crippen molar-refractivity contribution in [3.63, 3.8) is 0 Å². The molecule has 0 saturated carbocycles. The van der Waals surface area contributed by atoms with Crippen molar-refractivity contribution in [2.75, 3.05) is 20.1 Å². The Labute approximate surface area is 120 Å². The average molecular weight is 280 g/mol. The fourth-order valence-corrected chi connectivity index (χ4v) is 2.83. The molecule has 6 heteroatoms. The number of likely N-dealkylation sites (N-methyl/N-ethyl adjacent to an activating group) is 1. The number of aryl methyl sites for hydroxylation is 1. The van der Waals surface area contributed by atoms with Crippen molar-refractivity contribution in [2.45, 2.75) is 38.5 Å². The number of hydrogen-bond donors (Lipinski definition) is 1. The zero-order valence-corrected chi connectivity index (χ0v) is 12.9. The Kier molecular flexibility index (Phi) is 4.15. The molecular formula is C14H24N4O2. The van der Waals surface area contributed by atoms with Gasteiger partial charge in [0.15, 0.2) is 0 Å². The van der Waals surface area contributed by atoms with Gasteiger partial charge in [0, 0.05) is 31.9 Å². The second-order valence-corrected chi connectivity index (χ2v) is 6.08. The summed E-state index contributed by atoms with van der Waals surface area (Å²) in [4.78, 5) is 14.6. The lowest BCUT2D eigenvalue weighted by Crippen LogP contribution is -2.55. The lowest BCUT2D eigenvalue weighted by atomic mass is 10.0. The van der Waals surface area contributed by atoms with Gasteiger partial charge in [0.05, 0.1) is 17.9 Å². The molecule has 0 spiro atoms. The molecule has 1 aliphatic rings. The van der Waals surface area contributed by atoms with Gasteiger partial charge < -0.3 is 15.0 Å². The van der Waals surface area contributed by atoms with Crippen molar-refractivity contribution in [3.05, 3.63) is 18.0 Å². The molecule has 1 amide bonds. The standard InChI is InChI=1S/C14H24N4O2/c1-10-7-18(9-14(2,3)20-10)13(19)12(15-4)11-6-16-17(5)8-11/h6,8,10,12,15H,7,9H2,1-5H3. The topological polar surface area (TPSA) is 59.4 Å². The number of carbonyl (C=O) groups is 1. The molecule has 1 fully saturated rings. The second-order valence-electron chi connectivity index (χ2n) is 6.08. The van der Waals surface area contributed by atoms with Crippen molar-refractivity contribution in [2.24, 2.45) is 7.05 Å². The van der Waals surface area contributed by atoms with Gasteiger partial charge in [0.25, 0.3) is 0 Å². The van der Waals surface area contributed by atoms with Gasteiger partial charge in [-0.05, 0) is 27.8 Å². The van der Waals surface area contributed by atoms with E-state index in [1.165, 1.54) is 0 Å². The van der Waals surface area contributed by atoms with Crippen LogP contribution >= 0.6 is 0 Å². The lowest BCUT2D eigenvalue weighted by Gasteiger charge is -2.42. The minimum absolute atomic E-state index is 0.0501. The highest BCUT2D eigenvalue weighted by atomic mass is 16.5. The van der Waals surface area contributed by atoms with Gasteiger partial charge in [-0.2, -0.15) is 5.10 Å². The van der Waals surface area contributed by atoms with E-state index in [2.05, 4.69) is 10.4 Å².